The smallest absolute Gasteiger partial charge is 0.251 e. The number of hydrogen-bond acceptors (Lipinski definition) is 4. The molecular formula is C21H33N3O3S. The second kappa shape index (κ2) is 9.74. The highest BCUT2D eigenvalue weighted by atomic mass is 32.2. The average molecular weight is 408 g/mol. The van der Waals surface area contributed by atoms with Gasteiger partial charge in [-0.05, 0) is 43.9 Å². The molecule has 1 heterocycles. The molecule has 1 amide bonds. The number of amides is 1. The molecule has 1 unspecified atom stereocenters. The van der Waals surface area contributed by atoms with E-state index in [2.05, 4.69) is 14.9 Å². The molecule has 6 nitrogen and oxygen atoms in total. The van der Waals surface area contributed by atoms with Crippen LogP contribution in [0.4, 0.5) is 5.69 Å². The SMILES string of the molecule is CCCS(=O)(=O)Nc1cccc(C(=O)NC2CCN(C3CCCCCC3)C2)c1. The van der Waals surface area contributed by atoms with Gasteiger partial charge in [-0.25, -0.2) is 8.42 Å². The summed E-state index contributed by atoms with van der Waals surface area (Å²) >= 11 is 0. The zero-order chi connectivity index (χ0) is 20.0. The van der Waals surface area contributed by atoms with E-state index in [9.17, 15) is 13.2 Å². The number of benzene rings is 1. The number of hydrogen-bond donors (Lipinski definition) is 2. The fourth-order valence-corrected chi connectivity index (χ4v) is 5.48. The van der Waals surface area contributed by atoms with Crippen molar-refractivity contribution in [2.45, 2.75) is 70.4 Å². The van der Waals surface area contributed by atoms with Gasteiger partial charge < -0.3 is 5.32 Å². The van der Waals surface area contributed by atoms with E-state index in [1.165, 1.54) is 38.5 Å². The first-order valence-electron chi connectivity index (χ1n) is 10.6. The van der Waals surface area contributed by atoms with Crippen LogP contribution in [0.5, 0.6) is 0 Å². The molecule has 1 aliphatic heterocycles. The summed E-state index contributed by atoms with van der Waals surface area (Å²) in [4.78, 5) is 15.2. The van der Waals surface area contributed by atoms with E-state index in [1.807, 2.05) is 6.92 Å². The maximum absolute atomic E-state index is 12.7. The molecule has 1 aromatic rings. The molecule has 0 spiro atoms. The molecular weight excluding hydrogens is 374 g/mol. The lowest BCUT2D eigenvalue weighted by Crippen LogP contribution is -2.39. The minimum Gasteiger partial charge on any atom is -0.348 e. The first-order valence-corrected chi connectivity index (χ1v) is 12.3. The van der Waals surface area contributed by atoms with E-state index >= 15 is 0 Å². The average Bonchev–Trinajstić information content (AvgIpc) is 2.94. The second-order valence-electron chi connectivity index (χ2n) is 8.10. The molecule has 28 heavy (non-hydrogen) atoms. The monoisotopic (exact) mass is 407 g/mol. The molecule has 2 fully saturated rings. The van der Waals surface area contributed by atoms with Crippen LogP contribution in [0, 0.1) is 0 Å². The Labute approximate surface area is 169 Å². The molecule has 0 aromatic heterocycles. The number of carbonyl (C=O) groups excluding carboxylic acids is 1. The predicted octanol–water partition coefficient (Wildman–Crippen LogP) is 3.37. The van der Waals surface area contributed by atoms with Crippen molar-refractivity contribution < 1.29 is 13.2 Å². The van der Waals surface area contributed by atoms with Gasteiger partial charge >= 0.3 is 0 Å². The second-order valence-corrected chi connectivity index (χ2v) is 9.94. The molecule has 0 radical (unpaired) electrons. The minimum atomic E-state index is -3.36. The Kier molecular flexibility index (Phi) is 7.35. The van der Waals surface area contributed by atoms with Crippen LogP contribution in [-0.4, -0.2) is 50.2 Å². The van der Waals surface area contributed by atoms with Crippen molar-refractivity contribution in [2.75, 3.05) is 23.6 Å². The van der Waals surface area contributed by atoms with Crippen LogP contribution in [0.15, 0.2) is 24.3 Å². The van der Waals surface area contributed by atoms with Crippen molar-refractivity contribution in [3.8, 4) is 0 Å². The van der Waals surface area contributed by atoms with Crippen LogP contribution in [0.1, 0.15) is 68.6 Å². The van der Waals surface area contributed by atoms with Crippen molar-refractivity contribution in [1.82, 2.24) is 10.2 Å². The quantitative estimate of drug-likeness (QED) is 0.680. The highest BCUT2D eigenvalue weighted by molar-refractivity contribution is 7.92. The Morgan fingerprint density at radius 1 is 1.14 bits per heavy atom. The molecule has 1 atom stereocenters. The number of nitrogens with zero attached hydrogens (tertiary/aromatic N) is 1. The van der Waals surface area contributed by atoms with Crippen LogP contribution in [0.25, 0.3) is 0 Å². The lowest BCUT2D eigenvalue weighted by atomic mass is 10.1. The summed E-state index contributed by atoms with van der Waals surface area (Å²) in [6.45, 7) is 3.79. The summed E-state index contributed by atoms with van der Waals surface area (Å²) < 4.78 is 26.5. The molecule has 2 N–H and O–H groups in total. The maximum atomic E-state index is 12.7. The molecule has 156 valence electrons. The van der Waals surface area contributed by atoms with Gasteiger partial charge in [0.15, 0.2) is 0 Å². The fraction of sp³-hybridized carbons (Fsp3) is 0.667. The number of anilines is 1. The van der Waals surface area contributed by atoms with Gasteiger partial charge in [0.05, 0.1) is 5.75 Å². The summed E-state index contributed by atoms with van der Waals surface area (Å²) in [6, 6.07) is 7.56. The molecule has 1 aromatic carbocycles. The zero-order valence-corrected chi connectivity index (χ0v) is 17.6. The van der Waals surface area contributed by atoms with E-state index in [1.54, 1.807) is 24.3 Å². The Bertz CT molecular complexity index is 758. The fourth-order valence-electron chi connectivity index (χ4n) is 4.35. The normalized spacial score (nSPS) is 22.0. The molecule has 7 heteroatoms. The standard InChI is InChI=1S/C21H33N3O3S/c1-2-14-28(26,27)23-18-9-7-8-17(15-18)21(25)22-19-12-13-24(16-19)20-10-5-3-4-6-11-20/h7-9,15,19-20,23H,2-6,10-14,16H2,1H3,(H,22,25). The van der Waals surface area contributed by atoms with Gasteiger partial charge in [0.2, 0.25) is 10.0 Å². The molecule has 3 rings (SSSR count). The van der Waals surface area contributed by atoms with Gasteiger partial charge in [0, 0.05) is 36.4 Å². The maximum Gasteiger partial charge on any atom is 0.251 e. The van der Waals surface area contributed by atoms with E-state index < -0.39 is 10.0 Å². The first-order chi connectivity index (χ1) is 13.5. The van der Waals surface area contributed by atoms with Gasteiger partial charge in [-0.2, -0.15) is 0 Å². The van der Waals surface area contributed by atoms with Crippen LogP contribution in [-0.2, 0) is 10.0 Å². The number of carbonyl (C=O) groups is 1. The zero-order valence-electron chi connectivity index (χ0n) is 16.8. The van der Waals surface area contributed by atoms with Crippen molar-refractivity contribution in [3.05, 3.63) is 29.8 Å². The van der Waals surface area contributed by atoms with Crippen LogP contribution >= 0.6 is 0 Å². The third-order valence-corrected chi connectivity index (χ3v) is 7.26. The Morgan fingerprint density at radius 2 is 1.89 bits per heavy atom. The highest BCUT2D eigenvalue weighted by Gasteiger charge is 2.29. The largest absolute Gasteiger partial charge is 0.348 e. The van der Waals surface area contributed by atoms with E-state index in [0.29, 0.717) is 23.7 Å². The number of likely N-dealkylation sites (tertiary alicyclic amines) is 1. The Balaban J connectivity index is 1.55. The van der Waals surface area contributed by atoms with Crippen LogP contribution in [0.3, 0.4) is 0 Å². The summed E-state index contributed by atoms with van der Waals surface area (Å²) in [5, 5.41) is 3.14. The highest BCUT2D eigenvalue weighted by Crippen LogP contribution is 2.25. The van der Waals surface area contributed by atoms with Gasteiger partial charge in [-0.3, -0.25) is 14.4 Å². The van der Waals surface area contributed by atoms with E-state index in [4.69, 9.17) is 0 Å². The predicted molar refractivity (Wildman–Crippen MR) is 113 cm³/mol. The third-order valence-electron chi connectivity index (χ3n) is 5.77. The Morgan fingerprint density at radius 3 is 2.61 bits per heavy atom. The Hall–Kier alpha value is -1.60. The van der Waals surface area contributed by atoms with Gasteiger partial charge in [-0.1, -0.05) is 38.7 Å². The summed E-state index contributed by atoms with van der Waals surface area (Å²) in [5.41, 5.74) is 0.928. The van der Waals surface area contributed by atoms with Gasteiger partial charge in [0.25, 0.3) is 5.91 Å². The van der Waals surface area contributed by atoms with E-state index in [0.717, 1.165) is 19.5 Å². The number of sulfonamides is 1. The molecule has 1 saturated heterocycles. The van der Waals surface area contributed by atoms with Crippen molar-refractivity contribution >= 4 is 21.6 Å². The molecule has 1 aliphatic carbocycles. The number of nitrogens with one attached hydrogen (secondary N) is 2. The third kappa shape index (κ3) is 5.95. The molecule has 2 aliphatic rings. The topological polar surface area (TPSA) is 78.5 Å². The van der Waals surface area contributed by atoms with Crippen LogP contribution < -0.4 is 10.0 Å². The minimum absolute atomic E-state index is 0.0719. The van der Waals surface area contributed by atoms with Gasteiger partial charge in [0.1, 0.15) is 0 Å². The lowest BCUT2D eigenvalue weighted by molar-refractivity contribution is 0.0935. The van der Waals surface area contributed by atoms with Crippen molar-refractivity contribution in [1.29, 1.82) is 0 Å². The van der Waals surface area contributed by atoms with Crippen LogP contribution in [0.2, 0.25) is 0 Å². The summed E-state index contributed by atoms with van der Waals surface area (Å²) in [7, 11) is -3.36. The summed E-state index contributed by atoms with van der Waals surface area (Å²) in [6.07, 6.45) is 9.42. The molecule has 1 saturated carbocycles. The van der Waals surface area contributed by atoms with E-state index in [-0.39, 0.29) is 17.7 Å². The van der Waals surface area contributed by atoms with Crippen molar-refractivity contribution in [3.63, 3.8) is 0 Å². The molecule has 0 bridgehead atoms. The van der Waals surface area contributed by atoms with Gasteiger partial charge in [-0.15, -0.1) is 0 Å². The van der Waals surface area contributed by atoms with Crippen molar-refractivity contribution in [2.24, 2.45) is 0 Å². The summed E-state index contributed by atoms with van der Waals surface area (Å²) in [5.74, 6) is -0.0630. The first kappa shape index (κ1) is 21.1. The number of rotatable bonds is 7. The lowest BCUT2D eigenvalue weighted by Gasteiger charge is -2.26.